The van der Waals surface area contributed by atoms with E-state index in [0.29, 0.717) is 6.07 Å². The molecule has 5 nitrogen and oxygen atoms in total. The second-order valence-electron chi connectivity index (χ2n) is 4.16. The van der Waals surface area contributed by atoms with Gasteiger partial charge in [-0.15, -0.1) is 0 Å². The summed E-state index contributed by atoms with van der Waals surface area (Å²) < 4.78 is 58.2. The molecule has 0 radical (unpaired) electrons. The molecule has 2 rings (SSSR count). The van der Waals surface area contributed by atoms with E-state index in [0.717, 1.165) is 13.2 Å². The second kappa shape index (κ2) is 5.98. The molecule has 0 aliphatic carbocycles. The van der Waals surface area contributed by atoms with Gasteiger partial charge in [-0.3, -0.25) is 4.72 Å². The van der Waals surface area contributed by atoms with Crippen LogP contribution in [0.3, 0.4) is 0 Å². The van der Waals surface area contributed by atoms with Gasteiger partial charge in [0.15, 0.2) is 10.6 Å². The van der Waals surface area contributed by atoms with Crippen LogP contribution in [0.4, 0.5) is 14.5 Å². The molecule has 0 aliphatic rings. The lowest BCUT2D eigenvalue weighted by Gasteiger charge is -2.13. The lowest BCUT2D eigenvalue weighted by atomic mass is 10.3. The molecule has 2 aromatic rings. The molecule has 0 amide bonds. The molecular formula is C13H10ClF2NO4S. The third-order valence-corrected chi connectivity index (χ3v) is 4.42. The minimum absolute atomic E-state index is 0.0910. The second-order valence-corrected chi connectivity index (χ2v) is 6.19. The number of para-hydroxylation sites is 1. The number of phenols is 1. The number of phenolic OH excluding ortho intramolecular Hbond substituents is 1. The van der Waals surface area contributed by atoms with Crippen LogP contribution < -0.4 is 9.46 Å². The van der Waals surface area contributed by atoms with Crippen molar-refractivity contribution in [3.05, 3.63) is 47.0 Å². The minimum Gasteiger partial charge on any atom is -0.504 e. The summed E-state index contributed by atoms with van der Waals surface area (Å²) in [7, 11) is -3.40. The van der Waals surface area contributed by atoms with Crippen molar-refractivity contribution in [3.63, 3.8) is 0 Å². The molecule has 0 aromatic heterocycles. The van der Waals surface area contributed by atoms with Crippen LogP contribution in [0.5, 0.6) is 11.5 Å². The topological polar surface area (TPSA) is 75.6 Å². The maximum atomic E-state index is 13.8. The molecule has 0 heterocycles. The molecule has 0 fully saturated rings. The maximum Gasteiger partial charge on any atom is 0.268 e. The fourth-order valence-electron chi connectivity index (χ4n) is 1.74. The van der Waals surface area contributed by atoms with Crippen LogP contribution in [-0.4, -0.2) is 20.6 Å². The van der Waals surface area contributed by atoms with Gasteiger partial charge < -0.3 is 9.84 Å². The van der Waals surface area contributed by atoms with Crippen molar-refractivity contribution >= 4 is 27.3 Å². The Hall–Kier alpha value is -2.06. The Labute approximate surface area is 130 Å². The van der Waals surface area contributed by atoms with Crippen molar-refractivity contribution in [3.8, 4) is 11.5 Å². The van der Waals surface area contributed by atoms with Gasteiger partial charge in [0.1, 0.15) is 17.4 Å². The number of ether oxygens (including phenoxy) is 1. The van der Waals surface area contributed by atoms with Crippen molar-refractivity contribution in [2.24, 2.45) is 0 Å². The largest absolute Gasteiger partial charge is 0.504 e. The van der Waals surface area contributed by atoms with Gasteiger partial charge in [0.25, 0.3) is 10.0 Å². The van der Waals surface area contributed by atoms with Crippen LogP contribution in [0, 0.1) is 11.6 Å². The number of hydrogen-bond donors (Lipinski definition) is 2. The first kappa shape index (κ1) is 16.3. The molecule has 0 unspecified atom stereocenters. The van der Waals surface area contributed by atoms with Crippen LogP contribution in [0.25, 0.3) is 0 Å². The molecule has 2 aromatic carbocycles. The minimum atomic E-state index is -4.48. The zero-order valence-corrected chi connectivity index (χ0v) is 12.7. The van der Waals surface area contributed by atoms with Gasteiger partial charge in [-0.25, -0.2) is 17.2 Å². The lowest BCUT2D eigenvalue weighted by molar-refractivity contribution is 0.389. The molecule has 0 spiro atoms. The quantitative estimate of drug-likeness (QED) is 0.831. The monoisotopic (exact) mass is 349 g/mol. The molecule has 22 heavy (non-hydrogen) atoms. The number of benzene rings is 2. The van der Waals surface area contributed by atoms with Crippen LogP contribution in [0.15, 0.2) is 35.2 Å². The summed E-state index contributed by atoms with van der Waals surface area (Å²) in [5.74, 6) is -3.34. The predicted molar refractivity (Wildman–Crippen MR) is 76.8 cm³/mol. The highest BCUT2D eigenvalue weighted by atomic mass is 35.5. The van der Waals surface area contributed by atoms with E-state index in [1.165, 1.54) is 18.2 Å². The zero-order chi connectivity index (χ0) is 16.5. The Morgan fingerprint density at radius 2 is 1.95 bits per heavy atom. The van der Waals surface area contributed by atoms with E-state index in [1.54, 1.807) is 0 Å². The number of methoxy groups -OCH3 is 1. The number of sulfonamides is 1. The average molecular weight is 350 g/mol. The summed E-state index contributed by atoms with van der Waals surface area (Å²) in [6.45, 7) is 0. The van der Waals surface area contributed by atoms with E-state index in [-0.39, 0.29) is 10.7 Å². The van der Waals surface area contributed by atoms with E-state index in [9.17, 15) is 22.3 Å². The van der Waals surface area contributed by atoms with Gasteiger partial charge >= 0.3 is 0 Å². The van der Waals surface area contributed by atoms with Gasteiger partial charge in [0, 0.05) is 12.1 Å². The van der Waals surface area contributed by atoms with E-state index in [1.807, 2.05) is 4.72 Å². The average Bonchev–Trinajstić information content (AvgIpc) is 2.42. The SMILES string of the molecule is COc1cc(F)cc(F)c1S(=O)(=O)Nc1cccc(Cl)c1O. The number of rotatable bonds is 4. The van der Waals surface area contributed by atoms with Crippen LogP contribution in [0.1, 0.15) is 0 Å². The third kappa shape index (κ3) is 3.07. The smallest absolute Gasteiger partial charge is 0.268 e. The summed E-state index contributed by atoms with van der Waals surface area (Å²) in [4.78, 5) is -0.879. The Balaban J connectivity index is 2.54. The Morgan fingerprint density at radius 3 is 2.59 bits per heavy atom. The highest BCUT2D eigenvalue weighted by molar-refractivity contribution is 7.92. The summed E-state index contributed by atoms with van der Waals surface area (Å²) in [5.41, 5.74) is -0.252. The molecule has 2 N–H and O–H groups in total. The van der Waals surface area contributed by atoms with Gasteiger partial charge in [-0.05, 0) is 12.1 Å². The fourth-order valence-corrected chi connectivity index (χ4v) is 3.20. The molecule has 0 saturated carbocycles. The van der Waals surface area contributed by atoms with Crippen LogP contribution in [-0.2, 0) is 10.0 Å². The first-order valence-electron chi connectivity index (χ1n) is 5.79. The van der Waals surface area contributed by atoms with Crippen molar-refractivity contribution in [2.45, 2.75) is 4.90 Å². The Kier molecular flexibility index (Phi) is 4.43. The van der Waals surface area contributed by atoms with Gasteiger partial charge in [0.2, 0.25) is 0 Å². The van der Waals surface area contributed by atoms with Crippen molar-refractivity contribution in [1.29, 1.82) is 0 Å². The molecule has 0 atom stereocenters. The van der Waals surface area contributed by atoms with Crippen LogP contribution >= 0.6 is 11.6 Å². The molecule has 118 valence electrons. The van der Waals surface area contributed by atoms with E-state index in [4.69, 9.17) is 16.3 Å². The molecular weight excluding hydrogens is 340 g/mol. The first-order chi connectivity index (χ1) is 10.3. The maximum absolute atomic E-state index is 13.8. The third-order valence-electron chi connectivity index (χ3n) is 2.69. The summed E-state index contributed by atoms with van der Waals surface area (Å²) in [5, 5.41) is 9.61. The standard InChI is InChI=1S/C13H10ClF2NO4S/c1-21-11-6-7(15)5-9(16)13(11)22(19,20)17-10-4-2-3-8(14)12(10)18/h2-6,17-18H,1H3. The number of aromatic hydroxyl groups is 1. The van der Waals surface area contributed by atoms with Gasteiger partial charge in [0.05, 0.1) is 17.8 Å². The van der Waals surface area contributed by atoms with Gasteiger partial charge in [-0.1, -0.05) is 17.7 Å². The number of hydrogen-bond acceptors (Lipinski definition) is 4. The van der Waals surface area contributed by atoms with E-state index < -0.39 is 38.1 Å². The van der Waals surface area contributed by atoms with Crippen LogP contribution in [0.2, 0.25) is 5.02 Å². The number of halogens is 3. The highest BCUT2D eigenvalue weighted by Gasteiger charge is 2.26. The summed E-state index contributed by atoms with van der Waals surface area (Å²) in [6.07, 6.45) is 0. The predicted octanol–water partition coefficient (Wildman–Crippen LogP) is 3.13. The van der Waals surface area contributed by atoms with Crippen molar-refractivity contribution < 1.29 is 27.0 Å². The first-order valence-corrected chi connectivity index (χ1v) is 7.65. The van der Waals surface area contributed by atoms with E-state index in [2.05, 4.69) is 0 Å². The molecule has 0 bridgehead atoms. The molecule has 9 heteroatoms. The zero-order valence-electron chi connectivity index (χ0n) is 11.1. The van der Waals surface area contributed by atoms with Gasteiger partial charge in [-0.2, -0.15) is 0 Å². The molecule has 0 saturated heterocycles. The molecule has 0 aliphatic heterocycles. The number of anilines is 1. The van der Waals surface area contributed by atoms with Crippen molar-refractivity contribution in [1.82, 2.24) is 0 Å². The lowest BCUT2D eigenvalue weighted by Crippen LogP contribution is -2.16. The number of nitrogens with one attached hydrogen (secondary N) is 1. The summed E-state index contributed by atoms with van der Waals surface area (Å²) >= 11 is 5.67. The van der Waals surface area contributed by atoms with E-state index >= 15 is 0 Å². The Morgan fingerprint density at radius 1 is 1.27 bits per heavy atom. The normalized spacial score (nSPS) is 11.3. The summed E-state index contributed by atoms with van der Waals surface area (Å²) in [6, 6.07) is 5.10. The Bertz CT molecular complexity index is 827. The highest BCUT2D eigenvalue weighted by Crippen LogP contribution is 2.35. The van der Waals surface area contributed by atoms with Crippen molar-refractivity contribution in [2.75, 3.05) is 11.8 Å². The fraction of sp³-hybridized carbons (Fsp3) is 0.0769.